The summed E-state index contributed by atoms with van der Waals surface area (Å²) in [5.74, 6) is 0. The molecule has 0 aromatic carbocycles. The van der Waals surface area contributed by atoms with Gasteiger partial charge in [-0.15, -0.1) is 0 Å². The third-order valence-corrected chi connectivity index (χ3v) is 5.02. The van der Waals surface area contributed by atoms with Gasteiger partial charge in [0, 0.05) is 6.07 Å². The van der Waals surface area contributed by atoms with Gasteiger partial charge < -0.3 is 0 Å². The molecule has 2 heterocycles. The number of hydrogen-bond acceptors (Lipinski definition) is 3. The Kier molecular flexibility index (Phi) is 4.55. The summed E-state index contributed by atoms with van der Waals surface area (Å²) in [6.07, 6.45) is 2.88. The lowest BCUT2D eigenvalue weighted by Gasteiger charge is -2.20. The van der Waals surface area contributed by atoms with Crippen molar-refractivity contribution in [3.8, 4) is 0 Å². The highest BCUT2D eigenvalue weighted by molar-refractivity contribution is 7.61. The second kappa shape index (κ2) is 5.86. The molecule has 110 valence electrons. The first-order valence-corrected chi connectivity index (χ1v) is 8.39. The molecule has 0 unspecified atom stereocenters. The van der Waals surface area contributed by atoms with Crippen molar-refractivity contribution in [3.05, 3.63) is 29.5 Å². The van der Waals surface area contributed by atoms with Crippen LogP contribution in [0.25, 0.3) is 5.65 Å². The molecule has 0 aliphatic heterocycles. The Balaban J connectivity index is 2.56. The monoisotopic (exact) mass is 317 g/mol. The number of hydrogen-bond donors (Lipinski definition) is 1. The molecule has 1 N–H and O–H groups in total. The van der Waals surface area contributed by atoms with Crippen LogP contribution in [-0.4, -0.2) is 17.2 Å². The first-order valence-electron chi connectivity index (χ1n) is 6.47. The Hall–Kier alpha value is -0.870. The quantitative estimate of drug-likeness (QED) is 0.681. The predicted molar refractivity (Wildman–Crippen MR) is 78.6 cm³/mol. The van der Waals surface area contributed by atoms with E-state index in [9.17, 15) is 4.57 Å². The van der Waals surface area contributed by atoms with Gasteiger partial charge in [-0.05, 0) is 33.8 Å². The molecular formula is C13H19ClN2O3P+. The summed E-state index contributed by atoms with van der Waals surface area (Å²) in [6.45, 7) is 7.29. The van der Waals surface area contributed by atoms with Crippen LogP contribution in [0.5, 0.6) is 0 Å². The van der Waals surface area contributed by atoms with E-state index in [0.717, 1.165) is 5.65 Å². The van der Waals surface area contributed by atoms with Crippen LogP contribution >= 0.6 is 19.2 Å². The Morgan fingerprint density at radius 1 is 1.20 bits per heavy atom. The summed E-state index contributed by atoms with van der Waals surface area (Å²) < 4.78 is 26.0. The molecule has 0 spiro atoms. The maximum absolute atomic E-state index is 13.1. The van der Waals surface area contributed by atoms with Gasteiger partial charge in [-0.25, -0.2) is 4.98 Å². The Morgan fingerprint density at radius 2 is 1.80 bits per heavy atom. The average molecular weight is 318 g/mol. The van der Waals surface area contributed by atoms with Gasteiger partial charge in [0.2, 0.25) is 0 Å². The van der Waals surface area contributed by atoms with Crippen LogP contribution < -0.4 is 9.84 Å². The van der Waals surface area contributed by atoms with Crippen molar-refractivity contribution in [2.45, 2.75) is 39.9 Å². The van der Waals surface area contributed by atoms with E-state index in [1.54, 1.807) is 28.9 Å². The molecule has 0 aliphatic rings. The van der Waals surface area contributed by atoms with E-state index < -0.39 is 7.60 Å². The van der Waals surface area contributed by atoms with E-state index in [1.165, 1.54) is 0 Å². The van der Waals surface area contributed by atoms with Crippen molar-refractivity contribution >= 4 is 30.3 Å². The summed E-state index contributed by atoms with van der Waals surface area (Å²) in [7, 11) is -3.43. The largest absolute Gasteiger partial charge is 0.405 e. The number of aromatic amines is 1. The Morgan fingerprint density at radius 3 is 2.35 bits per heavy atom. The summed E-state index contributed by atoms with van der Waals surface area (Å²) in [6, 6.07) is 3.57. The minimum absolute atomic E-state index is 0.218. The van der Waals surface area contributed by atoms with Gasteiger partial charge in [-0.1, -0.05) is 11.6 Å². The fraction of sp³-hybridized carbons (Fsp3) is 0.462. The molecule has 0 bridgehead atoms. The van der Waals surface area contributed by atoms with E-state index >= 15 is 0 Å². The van der Waals surface area contributed by atoms with Crippen LogP contribution in [0.4, 0.5) is 0 Å². The van der Waals surface area contributed by atoms with Crippen LogP contribution in [0.1, 0.15) is 27.7 Å². The number of H-pyrrole nitrogens is 1. The maximum atomic E-state index is 13.1. The lowest BCUT2D eigenvalue weighted by molar-refractivity contribution is -0.491. The first kappa shape index (κ1) is 15.5. The molecule has 0 atom stereocenters. The number of nitrogens with zero attached hydrogens (tertiary/aromatic N) is 1. The van der Waals surface area contributed by atoms with Gasteiger partial charge in [0.25, 0.3) is 11.1 Å². The zero-order valence-electron chi connectivity index (χ0n) is 12.0. The molecule has 0 fully saturated rings. The van der Waals surface area contributed by atoms with Crippen LogP contribution in [0.2, 0.25) is 5.02 Å². The molecule has 2 aromatic rings. The van der Waals surface area contributed by atoms with Crippen molar-refractivity contribution in [2.75, 3.05) is 0 Å². The lowest BCUT2D eigenvalue weighted by atomic mass is 10.5. The molecule has 2 rings (SSSR count). The number of aromatic nitrogens is 2. The van der Waals surface area contributed by atoms with Gasteiger partial charge in [0.05, 0.1) is 17.2 Å². The van der Waals surface area contributed by atoms with Gasteiger partial charge in [0.1, 0.15) is 12.4 Å². The third-order valence-electron chi connectivity index (χ3n) is 2.49. The highest BCUT2D eigenvalue weighted by atomic mass is 35.5. The SMILES string of the molecule is CC(C)OP(=O)(OC(C)C)c1c[nH]c2ccc(Cl)c[n+]12. The number of imidazole rings is 1. The van der Waals surface area contributed by atoms with E-state index in [2.05, 4.69) is 4.98 Å². The molecular weight excluding hydrogens is 299 g/mol. The molecule has 5 nitrogen and oxygen atoms in total. The fourth-order valence-corrected chi connectivity index (χ4v) is 4.08. The van der Waals surface area contributed by atoms with Crippen molar-refractivity contribution in [1.82, 2.24) is 4.98 Å². The molecule has 0 saturated heterocycles. The van der Waals surface area contributed by atoms with Crippen molar-refractivity contribution in [3.63, 3.8) is 0 Å². The first-order chi connectivity index (χ1) is 9.32. The van der Waals surface area contributed by atoms with E-state index in [0.29, 0.717) is 10.5 Å². The summed E-state index contributed by atoms with van der Waals surface area (Å²) in [5, 5.41) is 0.545. The van der Waals surface area contributed by atoms with Crippen molar-refractivity contribution in [1.29, 1.82) is 0 Å². The second-order valence-electron chi connectivity index (χ2n) is 5.06. The molecule has 20 heavy (non-hydrogen) atoms. The standard InChI is InChI=1S/C13H18ClN2O3P/c1-9(2)18-20(17,19-10(3)4)13-7-15-12-6-5-11(14)8-16(12)13/h5-10H,1-4H3/p+1. The zero-order valence-corrected chi connectivity index (χ0v) is 13.6. The molecule has 0 radical (unpaired) electrons. The van der Waals surface area contributed by atoms with Gasteiger partial charge in [-0.2, -0.15) is 4.40 Å². The van der Waals surface area contributed by atoms with Gasteiger partial charge >= 0.3 is 7.60 Å². The molecule has 2 aromatic heterocycles. The third kappa shape index (κ3) is 3.23. The van der Waals surface area contributed by atoms with E-state index in [4.69, 9.17) is 20.6 Å². The van der Waals surface area contributed by atoms with Gasteiger partial charge in [-0.3, -0.25) is 13.6 Å². The average Bonchev–Trinajstić information content (AvgIpc) is 2.69. The molecule has 0 amide bonds. The highest BCUT2D eigenvalue weighted by Crippen LogP contribution is 2.48. The Bertz CT molecular complexity index is 640. The molecule has 0 saturated carbocycles. The number of fused-ring (bicyclic) bond motifs is 1. The number of pyridine rings is 1. The number of rotatable bonds is 5. The van der Waals surface area contributed by atoms with Crippen molar-refractivity contribution < 1.29 is 18.0 Å². The molecule has 7 heteroatoms. The predicted octanol–water partition coefficient (Wildman–Crippen LogP) is 3.08. The van der Waals surface area contributed by atoms with E-state index in [-0.39, 0.29) is 12.2 Å². The Labute approximate surface area is 123 Å². The van der Waals surface area contributed by atoms with Crippen LogP contribution in [0.3, 0.4) is 0 Å². The second-order valence-corrected chi connectivity index (χ2v) is 7.37. The number of nitrogens with one attached hydrogen (secondary N) is 1. The summed E-state index contributed by atoms with van der Waals surface area (Å²) >= 11 is 6.00. The minimum atomic E-state index is -3.43. The van der Waals surface area contributed by atoms with Crippen LogP contribution in [0.15, 0.2) is 24.5 Å². The zero-order chi connectivity index (χ0) is 14.9. The highest BCUT2D eigenvalue weighted by Gasteiger charge is 2.38. The maximum Gasteiger partial charge on any atom is 0.405 e. The minimum Gasteiger partial charge on any atom is -0.300 e. The fourth-order valence-electron chi connectivity index (χ4n) is 1.89. The summed E-state index contributed by atoms with van der Waals surface area (Å²) in [4.78, 5) is 3.04. The van der Waals surface area contributed by atoms with Crippen LogP contribution in [-0.2, 0) is 13.6 Å². The van der Waals surface area contributed by atoms with Crippen LogP contribution in [0, 0.1) is 0 Å². The normalized spacial score (nSPS) is 12.8. The van der Waals surface area contributed by atoms with Crippen molar-refractivity contribution in [2.24, 2.45) is 0 Å². The van der Waals surface area contributed by atoms with E-state index in [1.807, 2.05) is 27.7 Å². The molecule has 0 aliphatic carbocycles. The smallest absolute Gasteiger partial charge is 0.300 e. The lowest BCUT2D eigenvalue weighted by Crippen LogP contribution is -2.38. The van der Waals surface area contributed by atoms with Gasteiger partial charge in [0.15, 0.2) is 0 Å². The summed E-state index contributed by atoms with van der Waals surface area (Å²) in [5.41, 5.74) is 1.21. The topological polar surface area (TPSA) is 55.4 Å². The number of halogens is 1.